The molecule has 1 aliphatic rings. The first kappa shape index (κ1) is 20.5. The van der Waals surface area contributed by atoms with Gasteiger partial charge in [0.15, 0.2) is 0 Å². The lowest BCUT2D eigenvalue weighted by Crippen LogP contribution is -2.15. The number of fused-ring (bicyclic) bond motifs is 1. The molecule has 30 heavy (non-hydrogen) atoms. The summed E-state index contributed by atoms with van der Waals surface area (Å²) in [5.41, 5.74) is 2.84. The number of carbonyl (C=O) groups is 1. The molecule has 0 aliphatic heterocycles. The van der Waals surface area contributed by atoms with Gasteiger partial charge in [-0.15, -0.1) is 0 Å². The number of benzene rings is 1. The van der Waals surface area contributed by atoms with Gasteiger partial charge in [0.05, 0.1) is 17.0 Å². The van der Waals surface area contributed by atoms with Crippen LogP contribution in [-0.4, -0.2) is 15.5 Å². The van der Waals surface area contributed by atoms with Gasteiger partial charge in [0.1, 0.15) is 0 Å². The molecule has 1 atom stereocenters. The van der Waals surface area contributed by atoms with Crippen LogP contribution in [0, 0.1) is 5.92 Å². The van der Waals surface area contributed by atoms with Crippen molar-refractivity contribution in [2.24, 2.45) is 5.92 Å². The van der Waals surface area contributed by atoms with Crippen LogP contribution in [0.2, 0.25) is 5.02 Å². The fraction of sp³-hybridized carbons (Fsp3) is 0.261. The topological polar surface area (TPSA) is 41.7 Å². The third kappa shape index (κ3) is 3.84. The van der Waals surface area contributed by atoms with E-state index in [-0.39, 0.29) is 22.9 Å². The quantitative estimate of drug-likeness (QED) is 0.512. The molecule has 0 radical (unpaired) electrons. The second-order valence-corrected chi connectivity index (χ2v) is 7.89. The van der Waals surface area contributed by atoms with Crippen LogP contribution in [-0.2, 0) is 17.4 Å². The van der Waals surface area contributed by atoms with Crippen LogP contribution < -0.4 is 0 Å². The second-order valence-electron chi connectivity index (χ2n) is 7.48. The Kier molecular flexibility index (Phi) is 5.36. The number of carboxylic acid groups (broad SMARTS) is 1. The number of halogens is 4. The van der Waals surface area contributed by atoms with Crippen LogP contribution >= 0.6 is 11.6 Å². The van der Waals surface area contributed by atoms with E-state index in [1.165, 1.54) is 12.1 Å². The molecule has 3 nitrogen and oxygen atoms in total. The average molecular weight is 434 g/mol. The Morgan fingerprint density at radius 3 is 2.67 bits per heavy atom. The van der Waals surface area contributed by atoms with E-state index in [2.05, 4.69) is 0 Å². The minimum Gasteiger partial charge on any atom is -0.481 e. The van der Waals surface area contributed by atoms with Crippen LogP contribution in [0.5, 0.6) is 0 Å². The summed E-state index contributed by atoms with van der Waals surface area (Å²) < 4.78 is 42.4. The highest BCUT2D eigenvalue weighted by Gasteiger charge is 2.34. The number of nitrogens with zero attached hydrogens (tertiary/aromatic N) is 1. The van der Waals surface area contributed by atoms with Gasteiger partial charge < -0.3 is 9.51 Å². The smallest absolute Gasteiger partial charge is 0.416 e. The summed E-state index contributed by atoms with van der Waals surface area (Å²) >= 11 is 6.16. The molecule has 3 aromatic rings. The monoisotopic (exact) mass is 433 g/mol. The van der Waals surface area contributed by atoms with Gasteiger partial charge in [-0.1, -0.05) is 29.8 Å². The van der Waals surface area contributed by atoms with Crippen LogP contribution in [0.1, 0.15) is 41.6 Å². The zero-order valence-electron chi connectivity index (χ0n) is 15.9. The number of rotatable bonds is 4. The van der Waals surface area contributed by atoms with E-state index in [4.69, 9.17) is 11.6 Å². The maximum atomic E-state index is 13.5. The van der Waals surface area contributed by atoms with Crippen LogP contribution in [0.15, 0.2) is 54.7 Å². The van der Waals surface area contributed by atoms with Gasteiger partial charge in [-0.25, -0.2) is 0 Å². The minimum atomic E-state index is -4.49. The predicted octanol–water partition coefficient (Wildman–Crippen LogP) is 6.47. The molecule has 1 unspecified atom stereocenters. The number of allylic oxidation sites excluding steroid dienone is 2. The molecule has 7 heteroatoms. The van der Waals surface area contributed by atoms with E-state index in [9.17, 15) is 23.1 Å². The lowest BCUT2D eigenvalue weighted by atomic mass is 9.87. The summed E-state index contributed by atoms with van der Waals surface area (Å²) in [6.45, 7) is 0. The molecule has 1 aliphatic carbocycles. The second kappa shape index (κ2) is 7.84. The Bertz CT molecular complexity index is 1150. The van der Waals surface area contributed by atoms with Crippen molar-refractivity contribution >= 4 is 28.7 Å². The summed E-state index contributed by atoms with van der Waals surface area (Å²) in [6.07, 6.45) is 0.909. The number of aliphatic carboxylic acids is 1. The highest BCUT2D eigenvalue weighted by molar-refractivity contribution is 6.31. The zero-order chi connectivity index (χ0) is 21.5. The number of aromatic nitrogens is 1. The van der Waals surface area contributed by atoms with E-state index < -0.39 is 17.7 Å². The minimum absolute atomic E-state index is 0.0325. The fourth-order valence-corrected chi connectivity index (χ4v) is 4.35. The van der Waals surface area contributed by atoms with Crippen molar-refractivity contribution in [3.05, 3.63) is 82.1 Å². The van der Waals surface area contributed by atoms with Gasteiger partial charge in [-0.2, -0.15) is 13.2 Å². The number of hydrogen-bond acceptors (Lipinski definition) is 1. The molecule has 2 heterocycles. The lowest BCUT2D eigenvalue weighted by molar-refractivity contribution is -0.142. The van der Waals surface area contributed by atoms with Gasteiger partial charge in [0, 0.05) is 28.9 Å². The predicted molar refractivity (Wildman–Crippen MR) is 110 cm³/mol. The Labute approximate surface area is 176 Å². The third-order valence-electron chi connectivity index (χ3n) is 5.64. The maximum Gasteiger partial charge on any atom is 0.416 e. The lowest BCUT2D eigenvalue weighted by Gasteiger charge is -2.18. The zero-order valence-corrected chi connectivity index (χ0v) is 16.7. The van der Waals surface area contributed by atoms with Crippen molar-refractivity contribution in [3.63, 3.8) is 0 Å². The number of carboxylic acids is 1. The van der Waals surface area contributed by atoms with Crippen molar-refractivity contribution in [2.75, 3.05) is 0 Å². The Balaban J connectivity index is 1.78. The van der Waals surface area contributed by atoms with Gasteiger partial charge in [-0.05, 0) is 60.7 Å². The molecule has 4 rings (SSSR count). The largest absolute Gasteiger partial charge is 0.481 e. The highest BCUT2D eigenvalue weighted by Crippen LogP contribution is 2.38. The fourth-order valence-electron chi connectivity index (χ4n) is 4.10. The molecule has 1 aromatic carbocycles. The summed E-state index contributed by atoms with van der Waals surface area (Å²) in [7, 11) is 0. The molecule has 0 bridgehead atoms. The van der Waals surface area contributed by atoms with Gasteiger partial charge >= 0.3 is 12.1 Å². The normalized spacial score (nSPS) is 17.2. The van der Waals surface area contributed by atoms with Crippen molar-refractivity contribution in [1.29, 1.82) is 0 Å². The first-order valence-corrected chi connectivity index (χ1v) is 9.99. The SMILES string of the molecule is O=C(O)C1CC=C(c2cc(Cc3c(Cl)cccc3C(F)(F)F)n3ccccc23)CC1. The first-order valence-electron chi connectivity index (χ1n) is 9.61. The average Bonchev–Trinajstić information content (AvgIpc) is 3.07. The summed E-state index contributed by atoms with van der Waals surface area (Å²) in [4.78, 5) is 11.2. The number of pyridine rings is 1. The molecule has 2 aromatic heterocycles. The first-order chi connectivity index (χ1) is 14.3. The molecule has 0 amide bonds. The Morgan fingerprint density at radius 2 is 2.00 bits per heavy atom. The maximum absolute atomic E-state index is 13.5. The molecule has 0 saturated heterocycles. The van der Waals surface area contributed by atoms with Crippen molar-refractivity contribution in [1.82, 2.24) is 4.40 Å². The van der Waals surface area contributed by atoms with E-state index in [0.717, 1.165) is 22.7 Å². The molecule has 1 N–H and O–H groups in total. The van der Waals surface area contributed by atoms with Crippen LogP contribution in [0.25, 0.3) is 11.1 Å². The third-order valence-corrected chi connectivity index (χ3v) is 6.00. The van der Waals surface area contributed by atoms with Gasteiger partial charge in [-0.3, -0.25) is 4.79 Å². The van der Waals surface area contributed by atoms with Crippen molar-refractivity contribution in [2.45, 2.75) is 31.9 Å². The number of hydrogen-bond donors (Lipinski definition) is 1. The van der Waals surface area contributed by atoms with Crippen molar-refractivity contribution < 1.29 is 23.1 Å². The number of alkyl halides is 3. The van der Waals surface area contributed by atoms with E-state index >= 15 is 0 Å². The van der Waals surface area contributed by atoms with Crippen molar-refractivity contribution in [3.8, 4) is 0 Å². The highest BCUT2D eigenvalue weighted by atomic mass is 35.5. The Morgan fingerprint density at radius 1 is 1.20 bits per heavy atom. The molecule has 0 saturated carbocycles. The van der Waals surface area contributed by atoms with Gasteiger partial charge in [0.25, 0.3) is 0 Å². The molecule has 0 spiro atoms. The Hall–Kier alpha value is -2.73. The summed E-state index contributed by atoms with van der Waals surface area (Å²) in [5, 5.41) is 9.30. The molecule has 0 fully saturated rings. The molecular weight excluding hydrogens is 415 g/mol. The van der Waals surface area contributed by atoms with E-state index in [1.54, 1.807) is 0 Å². The standard InChI is InChI=1S/C23H19ClF3NO2/c24-20-5-3-4-19(23(25,26)27)18(20)13-16-12-17(21-6-1-2-11-28(16)21)14-7-9-15(10-8-14)22(29)30/h1-7,11-12,15H,8-10,13H2,(H,29,30). The molecule has 156 valence electrons. The summed E-state index contributed by atoms with van der Waals surface area (Å²) in [5.74, 6) is -1.19. The van der Waals surface area contributed by atoms with Gasteiger partial charge in [0.2, 0.25) is 0 Å². The summed E-state index contributed by atoms with van der Waals surface area (Å²) in [6, 6.07) is 11.3. The molecular formula is C23H19ClF3NO2. The van der Waals surface area contributed by atoms with E-state index in [0.29, 0.717) is 25.0 Å². The van der Waals surface area contributed by atoms with Crippen LogP contribution in [0.4, 0.5) is 13.2 Å². The van der Waals surface area contributed by atoms with Crippen LogP contribution in [0.3, 0.4) is 0 Å². The van der Waals surface area contributed by atoms with E-state index in [1.807, 2.05) is 40.9 Å².